The van der Waals surface area contributed by atoms with Crippen molar-refractivity contribution in [2.24, 2.45) is 0 Å². The molecule has 1 aromatic carbocycles. The molecule has 0 atom stereocenters. The number of likely N-dealkylation sites (N-methyl/N-ethyl adjacent to an activating group) is 1. The molecule has 0 radical (unpaired) electrons. The number of nitrogens with zero attached hydrogens (tertiary/aromatic N) is 1. The molecule has 1 heterocycles. The topological polar surface area (TPSA) is 15.3 Å². The summed E-state index contributed by atoms with van der Waals surface area (Å²) >= 11 is 1.76. The van der Waals surface area contributed by atoms with E-state index in [2.05, 4.69) is 27.7 Å². The SMILES string of the molecule is CNCc1c(F)cccc1N(C)CCc1cccs1. The molecule has 4 heteroatoms. The van der Waals surface area contributed by atoms with E-state index < -0.39 is 0 Å². The molecule has 2 rings (SSSR count). The summed E-state index contributed by atoms with van der Waals surface area (Å²) in [4.78, 5) is 3.48. The minimum Gasteiger partial charge on any atom is -0.374 e. The second kappa shape index (κ2) is 6.68. The number of hydrogen-bond donors (Lipinski definition) is 1. The molecule has 102 valence electrons. The molecule has 0 amide bonds. The summed E-state index contributed by atoms with van der Waals surface area (Å²) in [5.74, 6) is -0.144. The zero-order valence-electron chi connectivity index (χ0n) is 11.3. The van der Waals surface area contributed by atoms with E-state index in [1.807, 2.05) is 20.2 Å². The van der Waals surface area contributed by atoms with E-state index in [0.717, 1.165) is 24.2 Å². The van der Waals surface area contributed by atoms with Crippen LogP contribution in [0.3, 0.4) is 0 Å². The van der Waals surface area contributed by atoms with Crippen LogP contribution in [0, 0.1) is 5.82 Å². The van der Waals surface area contributed by atoms with Crippen molar-refractivity contribution >= 4 is 17.0 Å². The smallest absolute Gasteiger partial charge is 0.129 e. The van der Waals surface area contributed by atoms with Crippen LogP contribution in [0.25, 0.3) is 0 Å². The van der Waals surface area contributed by atoms with Crippen LogP contribution in [0.15, 0.2) is 35.7 Å². The fraction of sp³-hybridized carbons (Fsp3) is 0.333. The summed E-state index contributed by atoms with van der Waals surface area (Å²) in [5, 5.41) is 5.11. The Morgan fingerprint density at radius 1 is 1.26 bits per heavy atom. The lowest BCUT2D eigenvalue weighted by Gasteiger charge is -2.22. The second-order valence-corrected chi connectivity index (χ2v) is 5.55. The molecular formula is C15H19FN2S. The molecule has 2 aromatic rings. The highest BCUT2D eigenvalue weighted by atomic mass is 32.1. The first kappa shape index (κ1) is 14.0. The average Bonchev–Trinajstić information content (AvgIpc) is 2.92. The van der Waals surface area contributed by atoms with Crippen LogP contribution in [-0.2, 0) is 13.0 Å². The highest BCUT2D eigenvalue weighted by molar-refractivity contribution is 7.09. The van der Waals surface area contributed by atoms with Gasteiger partial charge >= 0.3 is 0 Å². The van der Waals surface area contributed by atoms with E-state index in [1.54, 1.807) is 17.4 Å². The predicted molar refractivity (Wildman–Crippen MR) is 80.5 cm³/mol. The van der Waals surface area contributed by atoms with Gasteiger partial charge in [0, 0.05) is 36.3 Å². The van der Waals surface area contributed by atoms with Gasteiger partial charge < -0.3 is 10.2 Å². The van der Waals surface area contributed by atoms with Crippen LogP contribution < -0.4 is 10.2 Å². The van der Waals surface area contributed by atoms with Crippen LogP contribution >= 0.6 is 11.3 Å². The van der Waals surface area contributed by atoms with Gasteiger partial charge in [-0.2, -0.15) is 0 Å². The van der Waals surface area contributed by atoms with Crippen molar-refractivity contribution in [3.05, 3.63) is 52.0 Å². The second-order valence-electron chi connectivity index (χ2n) is 4.52. The zero-order chi connectivity index (χ0) is 13.7. The average molecular weight is 278 g/mol. The van der Waals surface area contributed by atoms with Gasteiger partial charge in [-0.05, 0) is 37.0 Å². The summed E-state index contributed by atoms with van der Waals surface area (Å²) < 4.78 is 13.8. The van der Waals surface area contributed by atoms with Gasteiger partial charge in [-0.3, -0.25) is 0 Å². The third-order valence-corrected chi connectivity index (χ3v) is 4.07. The van der Waals surface area contributed by atoms with Crippen molar-refractivity contribution in [1.29, 1.82) is 0 Å². The van der Waals surface area contributed by atoms with Gasteiger partial charge in [0.25, 0.3) is 0 Å². The van der Waals surface area contributed by atoms with Crippen molar-refractivity contribution in [2.75, 3.05) is 25.5 Å². The molecule has 19 heavy (non-hydrogen) atoms. The molecule has 0 spiro atoms. The van der Waals surface area contributed by atoms with Gasteiger partial charge in [0.2, 0.25) is 0 Å². The molecule has 0 saturated carbocycles. The Hall–Kier alpha value is -1.39. The Bertz CT molecular complexity index is 511. The Kier molecular flexibility index (Phi) is 4.93. The largest absolute Gasteiger partial charge is 0.374 e. The van der Waals surface area contributed by atoms with Gasteiger partial charge in [0.05, 0.1) is 0 Å². The fourth-order valence-electron chi connectivity index (χ4n) is 2.11. The highest BCUT2D eigenvalue weighted by Crippen LogP contribution is 2.22. The van der Waals surface area contributed by atoms with Crippen molar-refractivity contribution in [2.45, 2.75) is 13.0 Å². The summed E-state index contributed by atoms with van der Waals surface area (Å²) in [5.41, 5.74) is 1.70. The monoisotopic (exact) mass is 278 g/mol. The summed E-state index contributed by atoms with van der Waals surface area (Å²) in [6, 6.07) is 9.46. The van der Waals surface area contributed by atoms with E-state index in [9.17, 15) is 4.39 Å². The number of benzene rings is 1. The minimum absolute atomic E-state index is 0.144. The first-order chi connectivity index (χ1) is 9.22. The van der Waals surface area contributed by atoms with Gasteiger partial charge in [0.1, 0.15) is 5.82 Å². The lowest BCUT2D eigenvalue weighted by atomic mass is 10.1. The Labute approximate surface area is 117 Å². The highest BCUT2D eigenvalue weighted by Gasteiger charge is 2.11. The van der Waals surface area contributed by atoms with Gasteiger partial charge in [-0.25, -0.2) is 4.39 Å². The molecular weight excluding hydrogens is 259 g/mol. The normalized spacial score (nSPS) is 10.7. The molecule has 0 aliphatic carbocycles. The Morgan fingerprint density at radius 3 is 2.79 bits per heavy atom. The third-order valence-electron chi connectivity index (χ3n) is 3.13. The predicted octanol–water partition coefficient (Wildman–Crippen LogP) is 3.29. The fourth-order valence-corrected chi connectivity index (χ4v) is 2.81. The molecule has 0 fully saturated rings. The van der Waals surface area contributed by atoms with E-state index in [1.165, 1.54) is 10.9 Å². The van der Waals surface area contributed by atoms with E-state index in [0.29, 0.717) is 6.54 Å². The van der Waals surface area contributed by atoms with Crippen molar-refractivity contribution in [3.63, 3.8) is 0 Å². The maximum Gasteiger partial charge on any atom is 0.129 e. The standard InChI is InChI=1S/C15H19FN2S/c1-17-11-13-14(16)6-3-7-15(13)18(2)9-8-12-5-4-10-19-12/h3-7,10,17H,8-9,11H2,1-2H3. The van der Waals surface area contributed by atoms with Crippen LogP contribution in [-0.4, -0.2) is 20.6 Å². The zero-order valence-corrected chi connectivity index (χ0v) is 12.1. The summed E-state index contributed by atoms with van der Waals surface area (Å²) in [7, 11) is 3.85. The van der Waals surface area contributed by atoms with Gasteiger partial charge in [0.15, 0.2) is 0 Å². The van der Waals surface area contributed by atoms with Crippen LogP contribution in [0.4, 0.5) is 10.1 Å². The first-order valence-corrected chi connectivity index (χ1v) is 7.26. The molecule has 0 saturated heterocycles. The lowest BCUT2D eigenvalue weighted by molar-refractivity contribution is 0.600. The van der Waals surface area contributed by atoms with Crippen molar-refractivity contribution < 1.29 is 4.39 Å². The molecule has 1 aromatic heterocycles. The molecule has 2 nitrogen and oxygen atoms in total. The van der Waals surface area contributed by atoms with E-state index in [4.69, 9.17) is 0 Å². The third kappa shape index (κ3) is 3.55. The van der Waals surface area contributed by atoms with Gasteiger partial charge in [-0.15, -0.1) is 11.3 Å². The minimum atomic E-state index is -0.144. The van der Waals surface area contributed by atoms with Crippen LogP contribution in [0.5, 0.6) is 0 Å². The quantitative estimate of drug-likeness (QED) is 0.872. The number of thiophene rings is 1. The number of anilines is 1. The maximum atomic E-state index is 13.8. The number of rotatable bonds is 6. The number of hydrogen-bond acceptors (Lipinski definition) is 3. The first-order valence-electron chi connectivity index (χ1n) is 6.38. The van der Waals surface area contributed by atoms with E-state index >= 15 is 0 Å². The molecule has 0 bridgehead atoms. The summed E-state index contributed by atoms with van der Waals surface area (Å²) in [6.07, 6.45) is 0.990. The number of halogens is 1. The Balaban J connectivity index is 2.09. The van der Waals surface area contributed by atoms with Gasteiger partial charge in [-0.1, -0.05) is 12.1 Å². The molecule has 0 unspecified atom stereocenters. The van der Waals surface area contributed by atoms with Crippen molar-refractivity contribution in [3.8, 4) is 0 Å². The maximum absolute atomic E-state index is 13.8. The number of nitrogens with one attached hydrogen (secondary N) is 1. The lowest BCUT2D eigenvalue weighted by Crippen LogP contribution is -2.23. The van der Waals surface area contributed by atoms with Crippen LogP contribution in [0.2, 0.25) is 0 Å². The van der Waals surface area contributed by atoms with Crippen LogP contribution in [0.1, 0.15) is 10.4 Å². The molecule has 1 N–H and O–H groups in total. The Morgan fingerprint density at radius 2 is 2.11 bits per heavy atom. The van der Waals surface area contributed by atoms with E-state index in [-0.39, 0.29) is 5.82 Å². The van der Waals surface area contributed by atoms with Crippen molar-refractivity contribution in [1.82, 2.24) is 5.32 Å². The molecule has 0 aliphatic heterocycles. The molecule has 0 aliphatic rings. The summed E-state index contributed by atoms with van der Waals surface area (Å²) in [6.45, 7) is 1.44.